The maximum absolute atomic E-state index is 10.5. The van der Waals surface area contributed by atoms with Gasteiger partial charge in [0, 0.05) is 6.07 Å². The van der Waals surface area contributed by atoms with E-state index in [0.717, 1.165) is 5.56 Å². The third-order valence-corrected chi connectivity index (χ3v) is 2.29. The zero-order valence-corrected chi connectivity index (χ0v) is 9.61. The topological polar surface area (TPSA) is 69.2 Å². The molecule has 0 saturated heterocycles. The maximum Gasteiger partial charge on any atom is 0.292 e. The quantitative estimate of drug-likeness (QED) is 0.377. The van der Waals surface area contributed by atoms with E-state index in [1.165, 1.54) is 6.07 Å². The van der Waals surface area contributed by atoms with Crippen LogP contribution in [0.1, 0.15) is 5.56 Å². The van der Waals surface area contributed by atoms with Crippen LogP contribution in [0.15, 0.2) is 35.8 Å². The minimum absolute atomic E-state index is 0.0585. The molecule has 5 heteroatoms. The lowest BCUT2D eigenvalue weighted by Gasteiger charge is -1.98. The van der Waals surface area contributed by atoms with Crippen LogP contribution in [0, 0.1) is 10.1 Å². The number of hydrogen-bond donors (Lipinski definition) is 1. The van der Waals surface area contributed by atoms with E-state index in [2.05, 4.69) is 0 Å². The first kappa shape index (κ1) is 12.3. The van der Waals surface area contributed by atoms with Crippen molar-refractivity contribution in [3.8, 4) is 0 Å². The predicted molar refractivity (Wildman–Crippen MR) is 69.2 cm³/mol. The number of hydrogen-bond acceptors (Lipinski definition) is 4. The second kappa shape index (κ2) is 5.97. The highest BCUT2D eigenvalue weighted by molar-refractivity contribution is 8.01. The van der Waals surface area contributed by atoms with Gasteiger partial charge in [-0.1, -0.05) is 18.2 Å². The summed E-state index contributed by atoms with van der Waals surface area (Å²) in [6.07, 6.45) is 7.56. The van der Waals surface area contributed by atoms with Crippen LogP contribution in [0.5, 0.6) is 0 Å². The van der Waals surface area contributed by atoms with Crippen molar-refractivity contribution in [2.45, 2.75) is 0 Å². The van der Waals surface area contributed by atoms with Crippen LogP contribution in [-0.2, 0) is 0 Å². The molecule has 1 rings (SSSR count). The second-order valence-electron chi connectivity index (χ2n) is 3.00. The van der Waals surface area contributed by atoms with Crippen LogP contribution in [0.4, 0.5) is 11.4 Å². The molecule has 84 valence electrons. The van der Waals surface area contributed by atoms with Gasteiger partial charge in [-0.3, -0.25) is 10.1 Å². The summed E-state index contributed by atoms with van der Waals surface area (Å²) < 4.78 is 0. The molecule has 0 aliphatic rings. The summed E-state index contributed by atoms with van der Waals surface area (Å²) in [5.74, 6) is 0. The minimum Gasteiger partial charge on any atom is -0.393 e. The number of nitrogens with two attached hydrogens (primary N) is 1. The number of nitro benzene ring substituents is 1. The number of rotatable bonds is 4. The van der Waals surface area contributed by atoms with E-state index < -0.39 is 4.92 Å². The molecule has 4 nitrogen and oxygen atoms in total. The Morgan fingerprint density at radius 2 is 2.19 bits per heavy atom. The molecule has 0 atom stereocenters. The fourth-order valence-electron chi connectivity index (χ4n) is 1.13. The molecule has 0 fully saturated rings. The Bertz CT molecular complexity index is 442. The van der Waals surface area contributed by atoms with Crippen LogP contribution >= 0.6 is 11.8 Å². The highest BCUT2D eigenvalue weighted by Gasteiger charge is 2.09. The van der Waals surface area contributed by atoms with Gasteiger partial charge in [-0.05, 0) is 29.4 Å². The van der Waals surface area contributed by atoms with Crippen LogP contribution in [-0.4, -0.2) is 11.2 Å². The summed E-state index contributed by atoms with van der Waals surface area (Å²) >= 11 is 1.60. The molecule has 1 aromatic rings. The zero-order valence-electron chi connectivity index (χ0n) is 8.79. The molecule has 0 heterocycles. The Morgan fingerprint density at radius 1 is 1.44 bits per heavy atom. The third kappa shape index (κ3) is 3.43. The molecule has 16 heavy (non-hydrogen) atoms. The molecule has 0 spiro atoms. The van der Waals surface area contributed by atoms with Crippen molar-refractivity contribution >= 4 is 29.2 Å². The van der Waals surface area contributed by atoms with Crippen LogP contribution in [0.2, 0.25) is 0 Å². The van der Waals surface area contributed by atoms with Gasteiger partial charge >= 0.3 is 0 Å². The minimum atomic E-state index is -0.490. The molecule has 0 aliphatic carbocycles. The van der Waals surface area contributed by atoms with Gasteiger partial charge < -0.3 is 5.73 Å². The lowest BCUT2D eigenvalue weighted by Crippen LogP contribution is -1.95. The van der Waals surface area contributed by atoms with Crippen LogP contribution < -0.4 is 5.73 Å². The van der Waals surface area contributed by atoms with Crippen molar-refractivity contribution in [3.05, 3.63) is 51.4 Å². The molecule has 0 radical (unpaired) electrons. The normalized spacial score (nSPS) is 11.3. The standard InChI is InChI=1S/C11H12N2O2S/c1-16-7-3-2-4-9-5-6-11(13(14)15)10(12)8-9/h2-8H,12H2,1H3/b4-2+,7-3-. The first-order chi connectivity index (χ1) is 7.65. The first-order valence-electron chi connectivity index (χ1n) is 4.55. The van der Waals surface area contributed by atoms with Gasteiger partial charge in [0.2, 0.25) is 0 Å². The summed E-state index contributed by atoms with van der Waals surface area (Å²) in [4.78, 5) is 10.0. The van der Waals surface area contributed by atoms with Gasteiger partial charge in [0.1, 0.15) is 5.69 Å². The Morgan fingerprint density at radius 3 is 2.75 bits per heavy atom. The Balaban J connectivity index is 2.85. The van der Waals surface area contributed by atoms with Crippen molar-refractivity contribution in [2.75, 3.05) is 12.0 Å². The smallest absolute Gasteiger partial charge is 0.292 e. The number of nitro groups is 1. The lowest BCUT2D eigenvalue weighted by atomic mass is 10.1. The Labute approximate surface area is 98.0 Å². The SMILES string of the molecule is CS/C=C\C=C\c1ccc([N+](=O)[O-])c(N)c1. The molecule has 2 N–H and O–H groups in total. The number of thioether (sulfide) groups is 1. The second-order valence-corrected chi connectivity index (χ2v) is 3.74. The molecule has 0 aromatic heterocycles. The molecular weight excluding hydrogens is 224 g/mol. The van der Waals surface area contributed by atoms with E-state index in [9.17, 15) is 10.1 Å². The number of allylic oxidation sites excluding steroid dienone is 2. The van der Waals surface area contributed by atoms with E-state index >= 15 is 0 Å². The van der Waals surface area contributed by atoms with Gasteiger partial charge in [-0.2, -0.15) is 0 Å². The molecule has 0 saturated carbocycles. The Kier molecular flexibility index (Phi) is 4.60. The van der Waals surface area contributed by atoms with Gasteiger partial charge in [0.15, 0.2) is 0 Å². The molecule has 0 bridgehead atoms. The van der Waals surface area contributed by atoms with E-state index in [1.807, 2.05) is 29.9 Å². The zero-order chi connectivity index (χ0) is 12.0. The van der Waals surface area contributed by atoms with Crippen molar-refractivity contribution in [2.24, 2.45) is 0 Å². The van der Waals surface area contributed by atoms with Crippen LogP contribution in [0.25, 0.3) is 6.08 Å². The monoisotopic (exact) mass is 236 g/mol. The maximum atomic E-state index is 10.5. The van der Waals surface area contributed by atoms with Crippen molar-refractivity contribution in [1.29, 1.82) is 0 Å². The molecule has 0 amide bonds. The predicted octanol–water partition coefficient (Wildman–Crippen LogP) is 3.07. The lowest BCUT2D eigenvalue weighted by molar-refractivity contribution is -0.383. The summed E-state index contributed by atoms with van der Waals surface area (Å²) in [7, 11) is 0. The number of anilines is 1. The van der Waals surface area contributed by atoms with Crippen LogP contribution in [0.3, 0.4) is 0 Å². The highest BCUT2D eigenvalue weighted by Crippen LogP contribution is 2.22. The van der Waals surface area contributed by atoms with Gasteiger partial charge in [-0.15, -0.1) is 11.8 Å². The van der Waals surface area contributed by atoms with Gasteiger partial charge in [0.05, 0.1) is 4.92 Å². The molecule has 1 aromatic carbocycles. The van der Waals surface area contributed by atoms with E-state index in [1.54, 1.807) is 23.9 Å². The van der Waals surface area contributed by atoms with E-state index in [0.29, 0.717) is 0 Å². The third-order valence-electron chi connectivity index (χ3n) is 1.86. The fourth-order valence-corrected chi connectivity index (χ4v) is 1.38. The summed E-state index contributed by atoms with van der Waals surface area (Å²) in [6, 6.07) is 4.66. The average molecular weight is 236 g/mol. The number of nitrogen functional groups attached to an aromatic ring is 1. The number of benzene rings is 1. The largest absolute Gasteiger partial charge is 0.393 e. The van der Waals surface area contributed by atoms with Gasteiger partial charge in [-0.25, -0.2) is 0 Å². The number of nitrogens with zero attached hydrogens (tertiary/aromatic N) is 1. The van der Waals surface area contributed by atoms with Crippen molar-refractivity contribution < 1.29 is 4.92 Å². The molecule has 0 unspecified atom stereocenters. The van der Waals surface area contributed by atoms with Crippen molar-refractivity contribution in [1.82, 2.24) is 0 Å². The summed E-state index contributed by atoms with van der Waals surface area (Å²) in [5.41, 5.74) is 6.52. The van der Waals surface area contributed by atoms with Gasteiger partial charge in [0.25, 0.3) is 5.69 Å². The van der Waals surface area contributed by atoms with E-state index in [4.69, 9.17) is 5.73 Å². The summed E-state index contributed by atoms with van der Waals surface area (Å²) in [5, 5.41) is 12.5. The highest BCUT2D eigenvalue weighted by atomic mass is 32.2. The average Bonchev–Trinajstić information content (AvgIpc) is 2.24. The summed E-state index contributed by atoms with van der Waals surface area (Å²) in [6.45, 7) is 0. The van der Waals surface area contributed by atoms with Crippen molar-refractivity contribution in [3.63, 3.8) is 0 Å². The molecular formula is C11H12N2O2S. The Hall–Kier alpha value is -1.75. The van der Waals surface area contributed by atoms with E-state index in [-0.39, 0.29) is 11.4 Å². The fraction of sp³-hybridized carbons (Fsp3) is 0.0909. The molecule has 0 aliphatic heterocycles. The first-order valence-corrected chi connectivity index (χ1v) is 5.84.